The lowest BCUT2D eigenvalue weighted by atomic mass is 9.90. The van der Waals surface area contributed by atoms with Crippen molar-refractivity contribution in [1.82, 2.24) is 0 Å². The Morgan fingerprint density at radius 3 is 2.29 bits per heavy atom. The van der Waals surface area contributed by atoms with E-state index in [0.29, 0.717) is 24.5 Å². The monoisotopic (exact) mass is 680 g/mol. The summed E-state index contributed by atoms with van der Waals surface area (Å²) in [7, 11) is 1.40. The Labute approximate surface area is 297 Å². The number of unbranched alkanes of at least 4 members (excludes halogenated alkanes) is 7. The second-order valence-electron chi connectivity index (χ2n) is 12.3. The van der Waals surface area contributed by atoms with E-state index in [9.17, 15) is 9.90 Å². The summed E-state index contributed by atoms with van der Waals surface area (Å²) in [4.78, 5) is 14.8. The van der Waals surface area contributed by atoms with Gasteiger partial charge in [0.15, 0.2) is 0 Å². The van der Waals surface area contributed by atoms with Gasteiger partial charge in [-0.15, -0.1) is 0 Å². The van der Waals surface area contributed by atoms with Crippen LogP contribution in [0, 0.1) is 0 Å². The van der Waals surface area contributed by atoms with Crippen LogP contribution in [-0.4, -0.2) is 31.4 Å². The highest BCUT2D eigenvalue weighted by molar-refractivity contribution is 7.99. The summed E-state index contributed by atoms with van der Waals surface area (Å²) < 4.78 is 17.1. The Hall–Kier alpha value is -4.00. The number of ether oxygens (including phenoxy) is 3. The molecule has 0 heterocycles. The van der Waals surface area contributed by atoms with E-state index >= 15 is 0 Å². The van der Waals surface area contributed by atoms with Crippen LogP contribution in [0.2, 0.25) is 0 Å². The molecule has 0 amide bonds. The van der Waals surface area contributed by atoms with Crippen LogP contribution in [0.25, 0.3) is 11.1 Å². The van der Waals surface area contributed by atoms with Gasteiger partial charge in [-0.05, 0) is 90.0 Å². The van der Waals surface area contributed by atoms with Gasteiger partial charge in [0.05, 0.1) is 19.3 Å². The number of methoxy groups -OCH3 is 1. The molecule has 1 unspecified atom stereocenters. The first-order valence-electron chi connectivity index (χ1n) is 17.8. The van der Waals surface area contributed by atoms with E-state index in [4.69, 9.17) is 14.2 Å². The fourth-order valence-corrected chi connectivity index (χ4v) is 6.73. The molecule has 0 aliphatic heterocycles. The summed E-state index contributed by atoms with van der Waals surface area (Å²) in [6.45, 7) is 9.23. The zero-order valence-corrected chi connectivity index (χ0v) is 30.2. The highest BCUT2D eigenvalue weighted by atomic mass is 32.2. The molecular weight excluding hydrogens is 629 g/mol. The topological polar surface area (TPSA) is 65.0 Å². The quantitative estimate of drug-likeness (QED) is 0.0537. The number of hydrogen-bond acceptors (Lipinski definition) is 6. The van der Waals surface area contributed by atoms with Crippen LogP contribution in [0.5, 0.6) is 11.5 Å². The molecule has 0 aliphatic rings. The molecule has 0 aliphatic carbocycles. The van der Waals surface area contributed by atoms with Gasteiger partial charge in [0.1, 0.15) is 24.2 Å². The number of aryl methyl sites for hydroxylation is 1. The summed E-state index contributed by atoms with van der Waals surface area (Å²) in [6.07, 6.45) is 12.6. The summed E-state index contributed by atoms with van der Waals surface area (Å²) in [5.74, 6) is 1.05. The molecule has 0 spiro atoms. The first-order chi connectivity index (χ1) is 24.0. The average Bonchev–Trinajstić information content (AvgIpc) is 3.14. The first-order valence-corrected chi connectivity index (χ1v) is 18.6. The molecule has 4 rings (SSSR count). The van der Waals surface area contributed by atoms with Gasteiger partial charge in [-0.25, -0.2) is 4.79 Å². The highest BCUT2D eigenvalue weighted by Gasteiger charge is 2.22. The molecule has 1 N–H and O–H groups in total. The number of rotatable bonds is 21. The smallest absolute Gasteiger partial charge is 0.339 e. The molecule has 0 aromatic heterocycles. The third-order valence-corrected chi connectivity index (χ3v) is 9.65. The standard InChI is InChI=1S/C43H52O5S/c1-5-8-10-11-12-13-14-17-32-20-26-40(48-28-7-3)38(30-32)42(44)37-19-16-15-18-36(37)33-21-27-41(39(31-33)43(45)46-4)49-35-24-22-34(23-25-35)47-29-9-6-2/h7,15-16,18-27,30-31,42,44H,3,5-6,8-14,17,28-29H2,1-2,4H3. The van der Waals surface area contributed by atoms with E-state index in [1.165, 1.54) is 63.0 Å². The van der Waals surface area contributed by atoms with Crippen LogP contribution in [0.4, 0.5) is 0 Å². The van der Waals surface area contributed by atoms with Crippen molar-refractivity contribution in [2.24, 2.45) is 0 Å². The van der Waals surface area contributed by atoms with Gasteiger partial charge in [-0.2, -0.15) is 0 Å². The van der Waals surface area contributed by atoms with Gasteiger partial charge >= 0.3 is 5.97 Å². The van der Waals surface area contributed by atoms with Crippen molar-refractivity contribution in [1.29, 1.82) is 0 Å². The largest absolute Gasteiger partial charge is 0.494 e. The molecule has 4 aromatic carbocycles. The third-order valence-electron chi connectivity index (χ3n) is 8.56. The highest BCUT2D eigenvalue weighted by Crippen LogP contribution is 2.39. The molecule has 4 aromatic rings. The van der Waals surface area contributed by atoms with E-state index in [1.807, 2.05) is 72.8 Å². The van der Waals surface area contributed by atoms with E-state index in [-0.39, 0.29) is 0 Å². The van der Waals surface area contributed by atoms with Crippen molar-refractivity contribution in [3.05, 3.63) is 120 Å². The minimum atomic E-state index is -0.946. The zero-order chi connectivity index (χ0) is 34.8. The van der Waals surface area contributed by atoms with Crippen molar-refractivity contribution in [3.63, 3.8) is 0 Å². The Morgan fingerprint density at radius 2 is 1.55 bits per heavy atom. The molecule has 260 valence electrons. The third kappa shape index (κ3) is 11.3. The predicted octanol–water partition coefficient (Wildman–Crippen LogP) is 11.4. The fraction of sp³-hybridized carbons (Fsp3) is 0.372. The summed E-state index contributed by atoms with van der Waals surface area (Å²) >= 11 is 1.50. The lowest BCUT2D eigenvalue weighted by molar-refractivity contribution is 0.0597. The number of carbonyl (C=O) groups excluding carboxylic acids is 1. The molecule has 49 heavy (non-hydrogen) atoms. The van der Waals surface area contributed by atoms with Gasteiger partial charge in [0.2, 0.25) is 0 Å². The molecule has 0 bridgehead atoms. The van der Waals surface area contributed by atoms with Crippen molar-refractivity contribution < 1.29 is 24.1 Å². The lowest BCUT2D eigenvalue weighted by Crippen LogP contribution is -2.07. The zero-order valence-electron chi connectivity index (χ0n) is 29.4. The van der Waals surface area contributed by atoms with Gasteiger partial charge in [-0.1, -0.05) is 120 Å². The van der Waals surface area contributed by atoms with E-state index in [2.05, 4.69) is 32.6 Å². The van der Waals surface area contributed by atoms with Gasteiger partial charge in [0, 0.05) is 15.4 Å². The molecule has 0 fully saturated rings. The maximum Gasteiger partial charge on any atom is 0.339 e. The van der Waals surface area contributed by atoms with Crippen molar-refractivity contribution in [3.8, 4) is 22.6 Å². The Balaban J connectivity index is 1.60. The second kappa shape index (κ2) is 20.5. The Morgan fingerprint density at radius 1 is 0.816 bits per heavy atom. The summed E-state index contributed by atoms with van der Waals surface area (Å²) in [5.41, 5.74) is 4.74. The first kappa shape index (κ1) is 37.8. The average molecular weight is 681 g/mol. The number of hydrogen-bond donors (Lipinski definition) is 1. The van der Waals surface area contributed by atoms with Crippen molar-refractivity contribution in [2.75, 3.05) is 20.3 Å². The lowest BCUT2D eigenvalue weighted by Gasteiger charge is -2.21. The molecule has 6 heteroatoms. The Bertz CT molecular complexity index is 1610. The summed E-state index contributed by atoms with van der Waals surface area (Å²) in [5, 5.41) is 12.0. The van der Waals surface area contributed by atoms with Crippen molar-refractivity contribution in [2.45, 2.75) is 94.0 Å². The second-order valence-corrected chi connectivity index (χ2v) is 13.4. The molecule has 0 saturated heterocycles. The number of esters is 1. The minimum absolute atomic E-state index is 0.342. The Kier molecular flexibility index (Phi) is 15.8. The molecule has 0 radical (unpaired) electrons. The van der Waals surface area contributed by atoms with Gasteiger partial charge < -0.3 is 19.3 Å². The number of carbonyl (C=O) groups is 1. The molecule has 5 nitrogen and oxygen atoms in total. The maximum atomic E-state index is 13.1. The SMILES string of the molecule is C=CCOc1ccc(CCCCCCCCC)cc1C(O)c1ccccc1-c1ccc(Sc2ccc(OCCCC)cc2)c(C(=O)OC)c1. The molecular formula is C43H52O5S. The van der Waals surface area contributed by atoms with E-state index in [0.717, 1.165) is 63.5 Å². The van der Waals surface area contributed by atoms with Crippen LogP contribution < -0.4 is 9.47 Å². The normalized spacial score (nSPS) is 11.6. The van der Waals surface area contributed by atoms with Crippen LogP contribution in [-0.2, 0) is 11.2 Å². The maximum absolute atomic E-state index is 13.1. The minimum Gasteiger partial charge on any atom is -0.494 e. The summed E-state index contributed by atoms with van der Waals surface area (Å²) in [6, 6.07) is 27.6. The van der Waals surface area contributed by atoms with Gasteiger partial charge in [-0.3, -0.25) is 0 Å². The van der Waals surface area contributed by atoms with Gasteiger partial charge in [0.25, 0.3) is 0 Å². The van der Waals surface area contributed by atoms with Crippen LogP contribution >= 0.6 is 11.8 Å². The predicted molar refractivity (Wildman–Crippen MR) is 202 cm³/mol. The van der Waals surface area contributed by atoms with Crippen LogP contribution in [0.3, 0.4) is 0 Å². The van der Waals surface area contributed by atoms with Crippen molar-refractivity contribution >= 4 is 17.7 Å². The number of aliphatic hydroxyl groups is 1. The number of benzene rings is 4. The van der Waals surface area contributed by atoms with E-state index < -0.39 is 12.1 Å². The number of aliphatic hydroxyl groups excluding tert-OH is 1. The van der Waals surface area contributed by atoms with Crippen LogP contribution in [0.15, 0.2) is 107 Å². The molecule has 0 saturated carbocycles. The fourth-order valence-electron chi connectivity index (χ4n) is 5.82. The van der Waals surface area contributed by atoms with Crippen LogP contribution in [0.1, 0.15) is 105 Å². The van der Waals surface area contributed by atoms with E-state index in [1.54, 1.807) is 6.08 Å². The molecule has 1 atom stereocenters.